The summed E-state index contributed by atoms with van der Waals surface area (Å²) in [4.78, 5) is 30.1. The number of carbonyl (C=O) groups excluding carboxylic acids is 2. The van der Waals surface area contributed by atoms with E-state index in [9.17, 15) is 9.59 Å². The third-order valence-corrected chi connectivity index (χ3v) is 4.70. The molecule has 0 spiro atoms. The first kappa shape index (κ1) is 18.3. The Bertz CT molecular complexity index is 671. The van der Waals surface area contributed by atoms with Gasteiger partial charge < -0.3 is 24.6 Å². The summed E-state index contributed by atoms with van der Waals surface area (Å²) in [5.74, 6) is 1.27. The predicted octanol–water partition coefficient (Wildman–Crippen LogP) is 1.08. The number of fused-ring (bicyclic) bond motifs is 1. The Balaban J connectivity index is 1.54. The minimum atomic E-state index is -0.278. The van der Waals surface area contributed by atoms with Gasteiger partial charge in [0.25, 0.3) is 0 Å². The molecule has 0 bridgehead atoms. The van der Waals surface area contributed by atoms with Crippen LogP contribution in [0.3, 0.4) is 0 Å². The van der Waals surface area contributed by atoms with E-state index in [1.54, 1.807) is 31.1 Å². The third-order valence-electron chi connectivity index (χ3n) is 4.70. The molecule has 1 aromatic rings. The molecular weight excluding hydrogens is 336 g/mol. The highest BCUT2D eigenvalue weighted by molar-refractivity contribution is 5.94. The maximum atomic E-state index is 12.6. The van der Waals surface area contributed by atoms with Crippen molar-refractivity contribution >= 4 is 17.6 Å². The monoisotopic (exact) mass is 362 g/mol. The number of hydrogen-bond acceptors (Lipinski definition) is 5. The van der Waals surface area contributed by atoms with Crippen LogP contribution < -0.4 is 14.8 Å². The normalized spacial score (nSPS) is 18.2. The maximum absolute atomic E-state index is 12.6. The number of rotatable bonds is 3. The molecule has 1 atom stereocenters. The van der Waals surface area contributed by atoms with Gasteiger partial charge in [-0.05, 0) is 19.1 Å². The summed E-state index contributed by atoms with van der Waals surface area (Å²) in [5.41, 5.74) is 0.688. The van der Waals surface area contributed by atoms with E-state index in [1.165, 1.54) is 0 Å². The second-order valence-corrected chi connectivity index (χ2v) is 6.72. The molecule has 8 nitrogen and oxygen atoms in total. The van der Waals surface area contributed by atoms with Crippen molar-refractivity contribution in [1.82, 2.24) is 14.7 Å². The number of hydrogen-bond donors (Lipinski definition) is 1. The van der Waals surface area contributed by atoms with Gasteiger partial charge in [-0.25, -0.2) is 4.79 Å². The zero-order valence-corrected chi connectivity index (χ0v) is 15.5. The number of piperazine rings is 1. The van der Waals surface area contributed by atoms with E-state index in [1.807, 2.05) is 17.9 Å². The van der Waals surface area contributed by atoms with Gasteiger partial charge in [-0.3, -0.25) is 9.69 Å². The zero-order valence-electron chi connectivity index (χ0n) is 15.5. The fraction of sp³-hybridized carbons (Fsp3) is 0.556. The summed E-state index contributed by atoms with van der Waals surface area (Å²) in [6.07, 6.45) is 0. The van der Waals surface area contributed by atoms with Crippen LogP contribution in [-0.2, 0) is 4.79 Å². The van der Waals surface area contributed by atoms with Crippen molar-refractivity contribution < 1.29 is 19.1 Å². The molecule has 2 aliphatic heterocycles. The van der Waals surface area contributed by atoms with Crippen LogP contribution in [0.2, 0.25) is 0 Å². The number of anilines is 1. The van der Waals surface area contributed by atoms with Crippen molar-refractivity contribution in [2.75, 3.05) is 58.8 Å². The second-order valence-electron chi connectivity index (χ2n) is 6.72. The van der Waals surface area contributed by atoms with Crippen molar-refractivity contribution in [3.8, 4) is 11.5 Å². The average Bonchev–Trinajstić information content (AvgIpc) is 2.66. The van der Waals surface area contributed by atoms with Crippen LogP contribution in [0.5, 0.6) is 11.5 Å². The predicted molar refractivity (Wildman–Crippen MR) is 97.8 cm³/mol. The lowest BCUT2D eigenvalue weighted by atomic mass is 10.2. The number of urea groups is 1. The number of nitrogens with zero attached hydrogens (tertiary/aromatic N) is 3. The van der Waals surface area contributed by atoms with Gasteiger partial charge in [0.05, 0.1) is 6.04 Å². The molecule has 1 saturated heterocycles. The van der Waals surface area contributed by atoms with E-state index in [4.69, 9.17) is 9.47 Å². The van der Waals surface area contributed by atoms with Crippen LogP contribution >= 0.6 is 0 Å². The molecule has 2 heterocycles. The van der Waals surface area contributed by atoms with E-state index in [0.29, 0.717) is 56.6 Å². The Hall–Kier alpha value is -2.48. The van der Waals surface area contributed by atoms with Gasteiger partial charge >= 0.3 is 6.03 Å². The Morgan fingerprint density at radius 1 is 1.08 bits per heavy atom. The van der Waals surface area contributed by atoms with Crippen molar-refractivity contribution in [2.45, 2.75) is 13.0 Å². The molecule has 0 aliphatic carbocycles. The topological polar surface area (TPSA) is 74.4 Å². The Labute approximate surface area is 153 Å². The van der Waals surface area contributed by atoms with Gasteiger partial charge in [-0.2, -0.15) is 0 Å². The Kier molecular flexibility index (Phi) is 5.51. The van der Waals surface area contributed by atoms with Crippen LogP contribution in [0, 0.1) is 0 Å². The second kappa shape index (κ2) is 7.82. The summed E-state index contributed by atoms with van der Waals surface area (Å²) in [6.45, 7) is 5.54. The Morgan fingerprint density at radius 3 is 2.38 bits per heavy atom. The number of benzene rings is 1. The summed E-state index contributed by atoms with van der Waals surface area (Å²) in [6, 6.07) is 5.14. The number of amides is 3. The quantitative estimate of drug-likeness (QED) is 0.871. The number of carbonyl (C=O) groups is 2. The first-order valence-corrected chi connectivity index (χ1v) is 8.86. The molecule has 3 amide bonds. The summed E-state index contributed by atoms with van der Waals surface area (Å²) >= 11 is 0. The van der Waals surface area contributed by atoms with Crippen LogP contribution in [0.15, 0.2) is 18.2 Å². The van der Waals surface area contributed by atoms with E-state index < -0.39 is 0 Å². The number of ether oxygens (including phenoxy) is 2. The molecule has 3 rings (SSSR count). The van der Waals surface area contributed by atoms with Crippen LogP contribution in [0.4, 0.5) is 10.5 Å². The fourth-order valence-electron chi connectivity index (χ4n) is 3.12. The minimum Gasteiger partial charge on any atom is -0.486 e. The van der Waals surface area contributed by atoms with Crippen molar-refractivity contribution in [1.29, 1.82) is 0 Å². The lowest BCUT2D eigenvalue weighted by Gasteiger charge is -2.38. The van der Waals surface area contributed by atoms with Crippen LogP contribution in [0.25, 0.3) is 0 Å². The molecular formula is C18H26N4O4. The van der Waals surface area contributed by atoms with Gasteiger partial charge in [0.2, 0.25) is 5.91 Å². The maximum Gasteiger partial charge on any atom is 0.319 e. The van der Waals surface area contributed by atoms with Gasteiger partial charge in [-0.15, -0.1) is 0 Å². The molecule has 1 unspecified atom stereocenters. The molecule has 2 aliphatic rings. The molecule has 1 aromatic carbocycles. The third kappa shape index (κ3) is 4.01. The average molecular weight is 362 g/mol. The van der Waals surface area contributed by atoms with Crippen LogP contribution in [-0.4, -0.2) is 86.2 Å². The molecule has 0 saturated carbocycles. The highest BCUT2D eigenvalue weighted by Crippen LogP contribution is 2.32. The smallest absolute Gasteiger partial charge is 0.319 e. The van der Waals surface area contributed by atoms with E-state index >= 15 is 0 Å². The number of nitrogens with one attached hydrogen (secondary N) is 1. The summed E-state index contributed by atoms with van der Waals surface area (Å²) < 4.78 is 11.0. The lowest BCUT2D eigenvalue weighted by molar-refractivity contribution is -0.121. The fourth-order valence-corrected chi connectivity index (χ4v) is 3.12. The molecule has 142 valence electrons. The van der Waals surface area contributed by atoms with Crippen molar-refractivity contribution in [3.05, 3.63) is 18.2 Å². The molecule has 0 radical (unpaired) electrons. The first-order valence-electron chi connectivity index (χ1n) is 8.86. The molecule has 0 aromatic heterocycles. The van der Waals surface area contributed by atoms with Gasteiger partial charge in [0.15, 0.2) is 11.5 Å². The van der Waals surface area contributed by atoms with Gasteiger partial charge in [0.1, 0.15) is 13.2 Å². The highest BCUT2D eigenvalue weighted by Gasteiger charge is 2.28. The minimum absolute atomic E-state index is 0.0121. The van der Waals surface area contributed by atoms with E-state index in [-0.39, 0.29) is 18.0 Å². The van der Waals surface area contributed by atoms with E-state index in [0.717, 1.165) is 0 Å². The molecule has 26 heavy (non-hydrogen) atoms. The van der Waals surface area contributed by atoms with Crippen molar-refractivity contribution in [3.63, 3.8) is 0 Å². The van der Waals surface area contributed by atoms with E-state index in [2.05, 4.69) is 10.2 Å². The highest BCUT2D eigenvalue weighted by atomic mass is 16.6. The molecule has 8 heteroatoms. The summed E-state index contributed by atoms with van der Waals surface area (Å²) in [7, 11) is 3.50. The molecule has 1 N–H and O–H groups in total. The van der Waals surface area contributed by atoms with Gasteiger partial charge in [-0.1, -0.05) is 0 Å². The van der Waals surface area contributed by atoms with Gasteiger partial charge in [0, 0.05) is 52.0 Å². The SMILES string of the molecule is CC(C(=O)Nc1ccc2c(c1)OCCO2)N1CCN(C(=O)N(C)C)CC1. The molecule has 1 fully saturated rings. The Morgan fingerprint density at radius 2 is 1.73 bits per heavy atom. The standard InChI is InChI=1S/C18H26N4O4/c1-13(21-6-8-22(9-7-21)18(24)20(2)3)17(23)19-14-4-5-15-16(12-14)26-11-10-25-15/h4-5,12-13H,6-11H2,1-3H3,(H,19,23). The zero-order chi connectivity index (χ0) is 18.7. The summed E-state index contributed by atoms with van der Waals surface area (Å²) in [5, 5.41) is 2.94. The lowest BCUT2D eigenvalue weighted by Crippen LogP contribution is -2.55. The van der Waals surface area contributed by atoms with Crippen molar-refractivity contribution in [2.24, 2.45) is 0 Å². The largest absolute Gasteiger partial charge is 0.486 e. The first-order chi connectivity index (χ1) is 12.5. The van der Waals surface area contributed by atoms with Crippen LogP contribution in [0.1, 0.15) is 6.92 Å².